The third kappa shape index (κ3) is 3.60. The van der Waals surface area contributed by atoms with E-state index >= 15 is 0 Å². The maximum absolute atomic E-state index is 12.2. The van der Waals surface area contributed by atoms with Gasteiger partial charge in [0.05, 0.1) is 6.42 Å². The van der Waals surface area contributed by atoms with Gasteiger partial charge in [0.2, 0.25) is 5.91 Å². The number of benzene rings is 1. The molecule has 2 fully saturated rings. The van der Waals surface area contributed by atoms with Gasteiger partial charge in [-0.25, -0.2) is 0 Å². The molecule has 0 saturated carbocycles. The molecule has 0 aliphatic carbocycles. The molecular weight excluding hydrogens is 395 g/mol. The fraction of sp³-hybridized carbons (Fsp3) is 0.500. The van der Waals surface area contributed by atoms with Crippen LogP contribution in [-0.2, 0) is 14.3 Å². The van der Waals surface area contributed by atoms with Crippen LogP contribution in [0.1, 0.15) is 25.7 Å². The Balaban J connectivity index is 1.63. The van der Waals surface area contributed by atoms with Crippen molar-refractivity contribution >= 4 is 40.2 Å². The van der Waals surface area contributed by atoms with Crippen molar-refractivity contribution in [3.05, 3.63) is 27.8 Å². The molecule has 2 aliphatic rings. The van der Waals surface area contributed by atoms with E-state index < -0.39 is 6.04 Å². The lowest BCUT2D eigenvalue weighted by Crippen LogP contribution is -2.57. The maximum atomic E-state index is 12.2. The number of esters is 1. The maximum Gasteiger partial charge on any atom is 0.323 e. The first kappa shape index (κ1) is 15.7. The predicted molar refractivity (Wildman–Crippen MR) is 91.5 cm³/mol. The van der Waals surface area contributed by atoms with E-state index in [1.165, 1.54) is 6.42 Å². The van der Waals surface area contributed by atoms with Crippen molar-refractivity contribution in [2.24, 2.45) is 0 Å². The number of nitrogens with zero attached hydrogens (tertiary/aromatic N) is 1. The lowest BCUT2D eigenvalue weighted by Gasteiger charge is -2.43. The van der Waals surface area contributed by atoms with Crippen molar-refractivity contribution in [3.8, 4) is 0 Å². The number of carbonyl (C=O) groups excluding carboxylic acids is 2. The first-order valence-electron chi connectivity index (χ1n) is 7.61. The number of nitrogens with one attached hydrogen (secondary N) is 1. The number of cyclic esters (lactones) is 1. The number of rotatable bonds is 3. The molecule has 0 unspecified atom stereocenters. The molecule has 0 bridgehead atoms. The van der Waals surface area contributed by atoms with E-state index in [4.69, 9.17) is 4.74 Å². The van der Waals surface area contributed by atoms with E-state index in [-0.39, 0.29) is 24.3 Å². The van der Waals surface area contributed by atoms with Crippen molar-refractivity contribution in [1.29, 1.82) is 0 Å². The molecule has 1 aromatic carbocycles. The number of hydrogen-bond acceptors (Lipinski definition) is 4. The van der Waals surface area contributed by atoms with Gasteiger partial charge < -0.3 is 10.1 Å². The van der Waals surface area contributed by atoms with Gasteiger partial charge in [-0.3, -0.25) is 14.5 Å². The largest absolute Gasteiger partial charge is 0.463 e. The summed E-state index contributed by atoms with van der Waals surface area (Å²) in [6.45, 7) is 1.34. The Bertz CT molecular complexity index is 561. The van der Waals surface area contributed by atoms with Gasteiger partial charge in [-0.15, -0.1) is 0 Å². The minimum atomic E-state index is -0.442. The molecule has 1 aromatic rings. The van der Waals surface area contributed by atoms with Crippen LogP contribution in [-0.4, -0.2) is 42.0 Å². The molecule has 0 spiro atoms. The van der Waals surface area contributed by atoms with Gasteiger partial charge in [0.1, 0.15) is 12.6 Å². The van der Waals surface area contributed by atoms with Gasteiger partial charge in [0.25, 0.3) is 0 Å². The minimum absolute atomic E-state index is 0.144. The van der Waals surface area contributed by atoms with Crippen LogP contribution in [0.25, 0.3) is 0 Å². The van der Waals surface area contributed by atoms with E-state index in [2.05, 4.69) is 32.8 Å². The number of morpholine rings is 1. The number of halogens is 1. The predicted octanol–water partition coefficient (Wildman–Crippen LogP) is 2.40. The summed E-state index contributed by atoms with van der Waals surface area (Å²) in [4.78, 5) is 26.4. The number of carbonyl (C=O) groups is 2. The summed E-state index contributed by atoms with van der Waals surface area (Å²) in [7, 11) is 0. The van der Waals surface area contributed by atoms with E-state index in [0.717, 1.165) is 28.6 Å². The average Bonchev–Trinajstić information content (AvgIpc) is 2.52. The first-order valence-corrected chi connectivity index (χ1v) is 8.69. The molecule has 1 amide bonds. The number of amides is 1. The van der Waals surface area contributed by atoms with Gasteiger partial charge in [0, 0.05) is 15.3 Å². The van der Waals surface area contributed by atoms with Crippen molar-refractivity contribution < 1.29 is 14.3 Å². The van der Waals surface area contributed by atoms with E-state index in [1.807, 2.05) is 24.3 Å². The molecule has 0 radical (unpaired) electrons. The van der Waals surface area contributed by atoms with Crippen LogP contribution < -0.4 is 5.32 Å². The lowest BCUT2D eigenvalue weighted by atomic mass is 9.97. The van der Waals surface area contributed by atoms with Gasteiger partial charge in [0.15, 0.2) is 0 Å². The average molecular weight is 414 g/mol. The standard InChI is InChI=1S/C16H19IN2O3/c17-11-4-6-12(7-5-11)18-15(20)9-14-16(21)22-10-13-3-1-2-8-19(13)14/h4-7,13-14H,1-3,8-10H2,(H,18,20)/t13-,14+/m0/s1. The number of hydrogen-bond donors (Lipinski definition) is 1. The number of ether oxygens (including phenoxy) is 1. The number of fused-ring (bicyclic) bond motifs is 1. The fourth-order valence-corrected chi connectivity index (χ4v) is 3.50. The van der Waals surface area contributed by atoms with Gasteiger partial charge in [-0.1, -0.05) is 6.42 Å². The van der Waals surface area contributed by atoms with Crippen LogP contribution >= 0.6 is 22.6 Å². The van der Waals surface area contributed by atoms with Crippen LogP contribution in [0.3, 0.4) is 0 Å². The Morgan fingerprint density at radius 3 is 2.86 bits per heavy atom. The monoisotopic (exact) mass is 414 g/mol. The molecule has 22 heavy (non-hydrogen) atoms. The normalized spacial score (nSPS) is 25.2. The summed E-state index contributed by atoms with van der Waals surface area (Å²) in [6.07, 6.45) is 3.45. The highest BCUT2D eigenvalue weighted by Crippen LogP contribution is 2.26. The Labute approximate surface area is 143 Å². The van der Waals surface area contributed by atoms with E-state index in [1.54, 1.807) is 0 Å². The summed E-state index contributed by atoms with van der Waals surface area (Å²) in [6, 6.07) is 7.44. The zero-order chi connectivity index (χ0) is 15.5. The van der Waals surface area contributed by atoms with Crippen LogP contribution in [0.4, 0.5) is 5.69 Å². The smallest absolute Gasteiger partial charge is 0.323 e. The van der Waals surface area contributed by atoms with Crippen molar-refractivity contribution in [2.45, 2.75) is 37.8 Å². The molecule has 6 heteroatoms. The number of anilines is 1. The van der Waals surface area contributed by atoms with Gasteiger partial charge in [-0.2, -0.15) is 0 Å². The molecule has 2 atom stereocenters. The zero-order valence-corrected chi connectivity index (χ0v) is 14.4. The molecule has 0 aromatic heterocycles. The van der Waals surface area contributed by atoms with E-state index in [9.17, 15) is 9.59 Å². The van der Waals surface area contributed by atoms with Crippen LogP contribution in [0.15, 0.2) is 24.3 Å². The second-order valence-corrected chi connectivity index (χ2v) is 7.04. The highest BCUT2D eigenvalue weighted by Gasteiger charge is 2.40. The number of piperidine rings is 1. The molecule has 1 N–H and O–H groups in total. The Kier molecular flexibility index (Phi) is 4.97. The molecule has 2 aliphatic heterocycles. The fourth-order valence-electron chi connectivity index (χ4n) is 3.14. The first-order chi connectivity index (χ1) is 10.6. The van der Waals surface area contributed by atoms with Gasteiger partial charge in [-0.05, 0) is 66.2 Å². The third-order valence-electron chi connectivity index (χ3n) is 4.27. The second kappa shape index (κ2) is 6.95. The highest BCUT2D eigenvalue weighted by molar-refractivity contribution is 14.1. The highest BCUT2D eigenvalue weighted by atomic mass is 127. The lowest BCUT2D eigenvalue weighted by molar-refractivity contribution is -0.165. The van der Waals surface area contributed by atoms with Crippen molar-refractivity contribution in [2.75, 3.05) is 18.5 Å². The van der Waals surface area contributed by atoms with Crippen LogP contribution in [0, 0.1) is 3.57 Å². The topological polar surface area (TPSA) is 58.6 Å². The molecule has 5 nitrogen and oxygen atoms in total. The summed E-state index contributed by atoms with van der Waals surface area (Å²) in [5.74, 6) is -0.412. The van der Waals surface area contributed by atoms with Gasteiger partial charge >= 0.3 is 5.97 Å². The Morgan fingerprint density at radius 2 is 2.09 bits per heavy atom. The summed E-state index contributed by atoms with van der Waals surface area (Å²) < 4.78 is 6.38. The van der Waals surface area contributed by atoms with Crippen molar-refractivity contribution in [3.63, 3.8) is 0 Å². The van der Waals surface area contributed by atoms with E-state index in [0.29, 0.717) is 6.61 Å². The van der Waals surface area contributed by atoms with Crippen LogP contribution in [0.5, 0.6) is 0 Å². The quantitative estimate of drug-likeness (QED) is 0.610. The molecular formula is C16H19IN2O3. The van der Waals surface area contributed by atoms with Crippen LogP contribution in [0.2, 0.25) is 0 Å². The third-order valence-corrected chi connectivity index (χ3v) is 4.99. The Morgan fingerprint density at radius 1 is 1.32 bits per heavy atom. The summed E-state index contributed by atoms with van der Waals surface area (Å²) >= 11 is 2.22. The summed E-state index contributed by atoms with van der Waals surface area (Å²) in [5, 5.41) is 2.86. The zero-order valence-electron chi connectivity index (χ0n) is 12.3. The minimum Gasteiger partial charge on any atom is -0.463 e. The summed E-state index contributed by atoms with van der Waals surface area (Å²) in [5.41, 5.74) is 0.754. The molecule has 2 saturated heterocycles. The van der Waals surface area contributed by atoms with Crippen molar-refractivity contribution in [1.82, 2.24) is 4.90 Å². The second-order valence-electron chi connectivity index (χ2n) is 5.79. The molecule has 2 heterocycles. The SMILES string of the molecule is O=C(C[C@@H]1C(=O)OC[C@@H]2CCCCN21)Nc1ccc(I)cc1. The molecule has 118 valence electrons. The Hall–Kier alpha value is -1.15. The molecule has 3 rings (SSSR count).